The molecule has 3 heterocycles. The fraction of sp³-hybridized carbons (Fsp3) is 0.500. The summed E-state index contributed by atoms with van der Waals surface area (Å²) in [5.74, 6) is -2.16. The van der Waals surface area contributed by atoms with Crippen LogP contribution < -0.4 is 20.1 Å². The number of sulfonamides is 1. The van der Waals surface area contributed by atoms with Crippen LogP contribution in [0.2, 0.25) is 0 Å². The van der Waals surface area contributed by atoms with Crippen LogP contribution in [0.4, 0.5) is 4.79 Å². The molecule has 294 valence electrons. The lowest BCUT2D eigenvalue weighted by Gasteiger charge is -2.36. The molecule has 4 amide bonds. The Kier molecular flexibility index (Phi) is 10.5. The average Bonchev–Trinajstić information content (AvgIpc) is 4.02. The number of hydrogen-bond acceptors (Lipinski definition) is 10. The number of ether oxygens (including phenoxy) is 2. The lowest BCUT2D eigenvalue weighted by atomic mass is 9.85. The number of nitrogens with zero attached hydrogens (tertiary/aromatic N) is 3. The largest absolute Gasteiger partial charge is 0.488 e. The number of hydrogen-bond donors (Lipinski definition) is 3. The monoisotopic (exact) mass is 774 g/mol. The summed E-state index contributed by atoms with van der Waals surface area (Å²) >= 11 is 0. The number of fused-ring (bicyclic) bond motifs is 1. The first-order valence-corrected chi connectivity index (χ1v) is 20.1. The second-order valence-corrected chi connectivity index (χ2v) is 18.8. The maximum absolute atomic E-state index is 14.6. The van der Waals surface area contributed by atoms with E-state index in [-0.39, 0.29) is 19.4 Å². The zero-order chi connectivity index (χ0) is 40.1. The lowest BCUT2D eigenvalue weighted by molar-refractivity contribution is -0.143. The Bertz CT molecular complexity index is 2130. The first-order chi connectivity index (χ1) is 25.7. The number of carbonyl (C=O) groups excluding carboxylic acids is 4. The fourth-order valence-corrected chi connectivity index (χ4v) is 8.20. The highest BCUT2D eigenvalue weighted by Crippen LogP contribution is 2.45. The van der Waals surface area contributed by atoms with Crippen molar-refractivity contribution in [1.82, 2.24) is 30.2 Å². The summed E-state index contributed by atoms with van der Waals surface area (Å²) in [6.45, 7) is 16.1. The van der Waals surface area contributed by atoms with E-state index in [0.717, 1.165) is 11.3 Å². The van der Waals surface area contributed by atoms with Crippen LogP contribution in [0.5, 0.6) is 5.75 Å². The van der Waals surface area contributed by atoms with Gasteiger partial charge in [-0.25, -0.2) is 23.2 Å². The van der Waals surface area contributed by atoms with Crippen LogP contribution in [0, 0.1) is 18.3 Å². The number of amides is 4. The molecule has 3 aromatic rings. The number of alkyl carbamates (subject to hydrolysis) is 1. The summed E-state index contributed by atoms with van der Waals surface area (Å²) in [7, 11) is -3.91. The van der Waals surface area contributed by atoms with Gasteiger partial charge in [0.1, 0.15) is 35.1 Å². The van der Waals surface area contributed by atoms with Gasteiger partial charge < -0.3 is 25.0 Å². The van der Waals surface area contributed by atoms with Gasteiger partial charge in [0, 0.05) is 29.7 Å². The highest BCUT2D eigenvalue weighted by Gasteiger charge is 2.62. The van der Waals surface area contributed by atoms with Gasteiger partial charge in [-0.15, -0.1) is 6.58 Å². The van der Waals surface area contributed by atoms with E-state index >= 15 is 0 Å². The molecule has 14 nitrogen and oxygen atoms in total. The number of aryl methyl sites for hydroxylation is 1. The molecule has 1 aliphatic heterocycles. The molecule has 6 rings (SSSR count). The summed E-state index contributed by atoms with van der Waals surface area (Å²) in [5, 5.41) is 5.51. The Balaban J connectivity index is 1.34. The smallest absolute Gasteiger partial charge is 0.408 e. The van der Waals surface area contributed by atoms with Gasteiger partial charge in [0.05, 0.1) is 22.9 Å². The molecule has 2 aliphatic carbocycles. The van der Waals surface area contributed by atoms with Crippen LogP contribution in [-0.2, 0) is 29.1 Å². The Hall–Kier alpha value is -5.05. The maximum Gasteiger partial charge on any atom is 0.408 e. The molecule has 15 heteroatoms. The van der Waals surface area contributed by atoms with Crippen molar-refractivity contribution < 1.29 is 37.1 Å². The summed E-state index contributed by atoms with van der Waals surface area (Å²) in [6, 6.07) is 12.8. The van der Waals surface area contributed by atoms with Crippen LogP contribution in [0.15, 0.2) is 61.2 Å². The molecular formula is C40H50N6O8S. The molecule has 55 heavy (non-hydrogen) atoms. The Morgan fingerprint density at radius 3 is 2.31 bits per heavy atom. The van der Waals surface area contributed by atoms with Crippen molar-refractivity contribution in [1.29, 1.82) is 0 Å². The maximum atomic E-state index is 14.6. The summed E-state index contributed by atoms with van der Waals surface area (Å²) in [5.41, 5.74) is -0.547. The molecule has 5 atom stereocenters. The standard InChI is InChI=1S/C40H50N6O8S/c1-9-25-21-40(25,36(49)45-55(51,52)27-16-17-27)44-34(47)30-19-26(22-46(30)35(48)32(38(3,4)5)43-37(50)54-39(6,7)8)53-31-20-29(24-13-11-10-12-14-24)42-33-28(31)18-15-23(2)41-33/h9-15,18,20,25-27,30,32H,1,16-17,19,21-22H2,2-8H3,(H,43,50)(H,44,47)(H,45,49). The third-order valence-electron chi connectivity index (χ3n) is 10.0. The van der Waals surface area contributed by atoms with Gasteiger partial charge in [0.15, 0.2) is 5.65 Å². The number of aromatic nitrogens is 2. The van der Waals surface area contributed by atoms with E-state index in [1.54, 1.807) is 47.6 Å². The van der Waals surface area contributed by atoms with Gasteiger partial charge in [-0.05, 0) is 64.5 Å². The molecule has 0 radical (unpaired) electrons. The minimum Gasteiger partial charge on any atom is -0.488 e. The van der Waals surface area contributed by atoms with Crippen molar-refractivity contribution in [3.8, 4) is 17.0 Å². The Morgan fingerprint density at radius 1 is 1.02 bits per heavy atom. The van der Waals surface area contributed by atoms with Gasteiger partial charge >= 0.3 is 6.09 Å². The topological polar surface area (TPSA) is 186 Å². The van der Waals surface area contributed by atoms with E-state index in [4.69, 9.17) is 14.5 Å². The van der Waals surface area contributed by atoms with Crippen LogP contribution in [-0.4, -0.2) is 88.2 Å². The number of carbonyl (C=O) groups is 4. The zero-order valence-corrected chi connectivity index (χ0v) is 33.2. The second kappa shape index (κ2) is 14.5. The van der Waals surface area contributed by atoms with Crippen molar-refractivity contribution in [3.63, 3.8) is 0 Å². The van der Waals surface area contributed by atoms with Crippen LogP contribution in [0.25, 0.3) is 22.3 Å². The molecule has 2 aromatic heterocycles. The molecular weight excluding hydrogens is 725 g/mol. The number of pyridine rings is 2. The fourth-order valence-electron chi connectivity index (χ4n) is 6.84. The highest BCUT2D eigenvalue weighted by atomic mass is 32.2. The van der Waals surface area contributed by atoms with Crippen LogP contribution in [0.1, 0.15) is 72.9 Å². The van der Waals surface area contributed by atoms with Crippen molar-refractivity contribution in [2.45, 2.75) is 109 Å². The van der Waals surface area contributed by atoms with E-state index in [9.17, 15) is 27.6 Å². The van der Waals surface area contributed by atoms with Crippen molar-refractivity contribution in [3.05, 3.63) is 66.9 Å². The predicted molar refractivity (Wildman–Crippen MR) is 206 cm³/mol. The molecule has 5 unspecified atom stereocenters. The first kappa shape index (κ1) is 39.6. The molecule has 3 N–H and O–H groups in total. The SMILES string of the molecule is C=CC1CC1(NC(=O)C1CC(Oc2cc(-c3ccccc3)nc3nc(C)ccc23)CN1C(=O)C(NC(=O)OC(C)(C)C)C(C)(C)C)C(=O)NS(=O)(=O)C1CC1. The van der Waals surface area contributed by atoms with Gasteiger partial charge in [0.2, 0.25) is 21.8 Å². The summed E-state index contributed by atoms with van der Waals surface area (Å²) in [4.78, 5) is 66.4. The van der Waals surface area contributed by atoms with Crippen molar-refractivity contribution in [2.24, 2.45) is 11.3 Å². The molecule has 1 saturated heterocycles. The number of nitrogens with one attached hydrogen (secondary N) is 3. The Labute approximate surface area is 321 Å². The number of rotatable bonds is 11. The molecule has 2 saturated carbocycles. The highest BCUT2D eigenvalue weighted by molar-refractivity contribution is 7.91. The van der Waals surface area contributed by atoms with Crippen LogP contribution >= 0.6 is 0 Å². The summed E-state index contributed by atoms with van der Waals surface area (Å²) < 4.78 is 39.8. The quantitative estimate of drug-likeness (QED) is 0.233. The van der Waals surface area contributed by atoms with E-state index in [1.807, 2.05) is 49.4 Å². The van der Waals surface area contributed by atoms with Gasteiger partial charge in [-0.1, -0.05) is 57.2 Å². The molecule has 0 bridgehead atoms. The number of benzene rings is 1. The Morgan fingerprint density at radius 2 is 1.71 bits per heavy atom. The van der Waals surface area contributed by atoms with Gasteiger partial charge in [0.25, 0.3) is 5.91 Å². The van der Waals surface area contributed by atoms with E-state index in [0.29, 0.717) is 35.3 Å². The zero-order valence-electron chi connectivity index (χ0n) is 32.3. The molecule has 3 aliphatic rings. The molecule has 0 spiro atoms. The lowest BCUT2D eigenvalue weighted by Crippen LogP contribution is -2.60. The third-order valence-corrected chi connectivity index (χ3v) is 11.8. The summed E-state index contributed by atoms with van der Waals surface area (Å²) in [6.07, 6.45) is 1.03. The van der Waals surface area contributed by atoms with Crippen molar-refractivity contribution in [2.75, 3.05) is 6.54 Å². The van der Waals surface area contributed by atoms with E-state index in [2.05, 4.69) is 26.9 Å². The average molecular weight is 775 g/mol. The normalized spacial score (nSPS) is 23.0. The minimum absolute atomic E-state index is 0.0154. The van der Waals surface area contributed by atoms with Gasteiger partial charge in [-0.2, -0.15) is 0 Å². The second-order valence-electron chi connectivity index (χ2n) is 16.8. The predicted octanol–water partition coefficient (Wildman–Crippen LogP) is 4.56. The van der Waals surface area contributed by atoms with E-state index < -0.39 is 79.7 Å². The number of likely N-dealkylation sites (tertiary alicyclic amines) is 1. The van der Waals surface area contributed by atoms with Crippen molar-refractivity contribution >= 4 is 44.9 Å². The van der Waals surface area contributed by atoms with E-state index in [1.165, 1.54) is 11.0 Å². The molecule has 1 aromatic carbocycles. The van der Waals surface area contributed by atoms with Gasteiger partial charge in [-0.3, -0.25) is 19.1 Å². The minimum atomic E-state index is -3.91. The molecule has 3 fully saturated rings. The first-order valence-electron chi connectivity index (χ1n) is 18.5. The van der Waals surface area contributed by atoms with Crippen LogP contribution in [0.3, 0.4) is 0 Å². The third kappa shape index (κ3) is 8.77.